The summed E-state index contributed by atoms with van der Waals surface area (Å²) in [4.78, 5) is 11.8. The van der Waals surface area contributed by atoms with Crippen molar-refractivity contribution in [3.63, 3.8) is 0 Å². The highest BCUT2D eigenvalue weighted by molar-refractivity contribution is 6.31. The SMILES string of the molecule is Cc1c(Cl)cccc1C(=O)NCCC(C)N. The van der Waals surface area contributed by atoms with Crippen LogP contribution in [0.25, 0.3) is 0 Å². The van der Waals surface area contributed by atoms with E-state index in [2.05, 4.69) is 5.32 Å². The minimum absolute atomic E-state index is 0.0966. The van der Waals surface area contributed by atoms with E-state index in [4.69, 9.17) is 17.3 Å². The molecule has 1 rings (SSSR count). The van der Waals surface area contributed by atoms with Crippen molar-refractivity contribution in [1.82, 2.24) is 5.32 Å². The summed E-state index contributed by atoms with van der Waals surface area (Å²) < 4.78 is 0. The molecule has 1 amide bonds. The zero-order chi connectivity index (χ0) is 12.1. The number of carbonyl (C=O) groups excluding carboxylic acids is 1. The van der Waals surface area contributed by atoms with Gasteiger partial charge in [0.05, 0.1) is 0 Å². The Morgan fingerprint density at radius 3 is 2.88 bits per heavy atom. The Labute approximate surface area is 101 Å². The van der Waals surface area contributed by atoms with Crippen molar-refractivity contribution in [3.05, 3.63) is 34.3 Å². The molecule has 0 spiro atoms. The third kappa shape index (κ3) is 3.51. The highest BCUT2D eigenvalue weighted by Crippen LogP contribution is 2.18. The first-order chi connectivity index (χ1) is 7.52. The highest BCUT2D eigenvalue weighted by Gasteiger charge is 2.10. The second-order valence-corrected chi connectivity index (χ2v) is 4.34. The lowest BCUT2D eigenvalue weighted by Gasteiger charge is -2.09. The van der Waals surface area contributed by atoms with Crippen molar-refractivity contribution in [2.45, 2.75) is 26.3 Å². The second-order valence-electron chi connectivity index (χ2n) is 3.93. The highest BCUT2D eigenvalue weighted by atomic mass is 35.5. The van der Waals surface area contributed by atoms with E-state index in [0.717, 1.165) is 12.0 Å². The van der Waals surface area contributed by atoms with Crippen LogP contribution in [0.2, 0.25) is 5.02 Å². The molecule has 0 aliphatic rings. The quantitative estimate of drug-likeness (QED) is 0.847. The van der Waals surface area contributed by atoms with Crippen LogP contribution in [0.5, 0.6) is 0 Å². The number of nitrogens with one attached hydrogen (secondary N) is 1. The predicted molar refractivity (Wildman–Crippen MR) is 66.8 cm³/mol. The first-order valence-corrected chi connectivity index (χ1v) is 5.69. The minimum atomic E-state index is -0.0966. The molecule has 1 aromatic carbocycles. The van der Waals surface area contributed by atoms with Gasteiger partial charge in [-0.2, -0.15) is 0 Å². The molecule has 4 heteroatoms. The Kier molecular flexibility index (Phi) is 4.77. The van der Waals surface area contributed by atoms with Crippen LogP contribution < -0.4 is 11.1 Å². The lowest BCUT2D eigenvalue weighted by molar-refractivity contribution is 0.0952. The molecule has 0 bridgehead atoms. The lowest BCUT2D eigenvalue weighted by atomic mass is 10.1. The molecule has 3 nitrogen and oxygen atoms in total. The molecule has 16 heavy (non-hydrogen) atoms. The Morgan fingerprint density at radius 2 is 2.25 bits per heavy atom. The standard InChI is InChI=1S/C12H17ClN2O/c1-8(14)6-7-15-12(16)10-4-3-5-11(13)9(10)2/h3-5,8H,6-7,14H2,1-2H3,(H,15,16). The number of nitrogens with two attached hydrogens (primary N) is 1. The van der Waals surface area contributed by atoms with Crippen LogP contribution in [0.1, 0.15) is 29.3 Å². The first kappa shape index (κ1) is 13.0. The summed E-state index contributed by atoms with van der Waals surface area (Å²) in [7, 11) is 0. The van der Waals surface area contributed by atoms with Crippen molar-refractivity contribution in [3.8, 4) is 0 Å². The number of hydrogen-bond acceptors (Lipinski definition) is 2. The fourth-order valence-electron chi connectivity index (χ4n) is 1.36. The lowest BCUT2D eigenvalue weighted by Crippen LogP contribution is -2.29. The third-order valence-electron chi connectivity index (χ3n) is 2.40. The molecule has 3 N–H and O–H groups in total. The molecular weight excluding hydrogens is 224 g/mol. The van der Waals surface area contributed by atoms with Crippen molar-refractivity contribution >= 4 is 17.5 Å². The Morgan fingerprint density at radius 1 is 1.56 bits per heavy atom. The van der Waals surface area contributed by atoms with Gasteiger partial charge in [-0.15, -0.1) is 0 Å². The van der Waals surface area contributed by atoms with Gasteiger partial charge in [0.1, 0.15) is 0 Å². The molecule has 1 aromatic rings. The van der Waals surface area contributed by atoms with Crippen LogP contribution in [-0.2, 0) is 0 Å². The van der Waals surface area contributed by atoms with Gasteiger partial charge in [0.15, 0.2) is 0 Å². The molecule has 0 aromatic heterocycles. The molecule has 0 aliphatic heterocycles. The molecule has 0 saturated heterocycles. The van der Waals surface area contributed by atoms with Gasteiger partial charge in [0.2, 0.25) is 0 Å². The monoisotopic (exact) mass is 240 g/mol. The third-order valence-corrected chi connectivity index (χ3v) is 2.81. The Bertz CT molecular complexity index is 377. The van der Waals surface area contributed by atoms with Crippen LogP contribution in [0.3, 0.4) is 0 Å². The average Bonchev–Trinajstić information content (AvgIpc) is 2.21. The molecule has 1 atom stereocenters. The van der Waals surface area contributed by atoms with Gasteiger partial charge >= 0.3 is 0 Å². The number of rotatable bonds is 4. The van der Waals surface area contributed by atoms with Crippen LogP contribution in [0.4, 0.5) is 0 Å². The van der Waals surface area contributed by atoms with Crippen LogP contribution in [0, 0.1) is 6.92 Å². The van der Waals surface area contributed by atoms with E-state index < -0.39 is 0 Å². The molecule has 0 heterocycles. The van der Waals surface area contributed by atoms with E-state index in [-0.39, 0.29) is 11.9 Å². The number of hydrogen-bond donors (Lipinski definition) is 2. The van der Waals surface area contributed by atoms with Crippen LogP contribution >= 0.6 is 11.6 Å². The molecule has 0 fully saturated rings. The van der Waals surface area contributed by atoms with E-state index in [1.54, 1.807) is 18.2 Å². The Hall–Kier alpha value is -1.06. The summed E-state index contributed by atoms with van der Waals surface area (Å²) in [5.41, 5.74) is 7.03. The normalized spacial score (nSPS) is 12.2. The average molecular weight is 241 g/mol. The molecular formula is C12H17ClN2O. The van der Waals surface area contributed by atoms with Gasteiger partial charge in [-0.1, -0.05) is 17.7 Å². The van der Waals surface area contributed by atoms with Crippen molar-refractivity contribution < 1.29 is 4.79 Å². The first-order valence-electron chi connectivity index (χ1n) is 5.31. The topological polar surface area (TPSA) is 55.1 Å². The molecule has 88 valence electrons. The van der Waals surface area contributed by atoms with E-state index >= 15 is 0 Å². The van der Waals surface area contributed by atoms with E-state index in [1.165, 1.54) is 0 Å². The Balaban J connectivity index is 2.63. The maximum absolute atomic E-state index is 11.8. The maximum atomic E-state index is 11.8. The summed E-state index contributed by atoms with van der Waals surface area (Å²) in [5.74, 6) is -0.0966. The smallest absolute Gasteiger partial charge is 0.251 e. The van der Waals surface area contributed by atoms with Crippen molar-refractivity contribution in [2.24, 2.45) is 5.73 Å². The van der Waals surface area contributed by atoms with Gasteiger partial charge < -0.3 is 11.1 Å². The van der Waals surface area contributed by atoms with Crippen molar-refractivity contribution in [1.29, 1.82) is 0 Å². The summed E-state index contributed by atoms with van der Waals surface area (Å²) in [6.45, 7) is 4.34. The van der Waals surface area contributed by atoms with Crippen LogP contribution in [0.15, 0.2) is 18.2 Å². The zero-order valence-corrected chi connectivity index (χ0v) is 10.3. The summed E-state index contributed by atoms with van der Waals surface area (Å²) in [5, 5.41) is 3.43. The number of halogens is 1. The summed E-state index contributed by atoms with van der Waals surface area (Å²) >= 11 is 5.94. The maximum Gasteiger partial charge on any atom is 0.251 e. The number of benzene rings is 1. The molecule has 0 saturated carbocycles. The van der Waals surface area contributed by atoms with E-state index in [9.17, 15) is 4.79 Å². The predicted octanol–water partition coefficient (Wildman–Crippen LogP) is 2.12. The van der Waals surface area contributed by atoms with Gasteiger partial charge in [-0.25, -0.2) is 0 Å². The van der Waals surface area contributed by atoms with Gasteiger partial charge in [-0.3, -0.25) is 4.79 Å². The fraction of sp³-hybridized carbons (Fsp3) is 0.417. The zero-order valence-electron chi connectivity index (χ0n) is 9.59. The van der Waals surface area contributed by atoms with Crippen LogP contribution in [-0.4, -0.2) is 18.5 Å². The molecule has 1 unspecified atom stereocenters. The minimum Gasteiger partial charge on any atom is -0.352 e. The fourth-order valence-corrected chi connectivity index (χ4v) is 1.54. The van der Waals surface area contributed by atoms with Gasteiger partial charge in [0, 0.05) is 23.2 Å². The van der Waals surface area contributed by atoms with Gasteiger partial charge in [-0.05, 0) is 38.0 Å². The van der Waals surface area contributed by atoms with E-state index in [1.807, 2.05) is 13.8 Å². The second kappa shape index (κ2) is 5.87. The number of carbonyl (C=O) groups is 1. The van der Waals surface area contributed by atoms with Gasteiger partial charge in [0.25, 0.3) is 5.91 Å². The number of amides is 1. The summed E-state index contributed by atoms with van der Waals surface area (Å²) in [6, 6.07) is 5.41. The van der Waals surface area contributed by atoms with E-state index in [0.29, 0.717) is 17.1 Å². The molecule has 0 radical (unpaired) electrons. The summed E-state index contributed by atoms with van der Waals surface area (Å²) in [6.07, 6.45) is 0.769. The largest absolute Gasteiger partial charge is 0.352 e. The van der Waals surface area contributed by atoms with Crippen molar-refractivity contribution in [2.75, 3.05) is 6.54 Å². The molecule has 0 aliphatic carbocycles.